The molecule has 1 heterocycles. The van der Waals surface area contributed by atoms with Gasteiger partial charge in [-0.3, -0.25) is 0 Å². The lowest BCUT2D eigenvalue weighted by atomic mass is 10.0. The molecule has 0 aliphatic rings. The zero-order valence-electron chi connectivity index (χ0n) is 10.3. The van der Waals surface area contributed by atoms with Crippen LogP contribution in [0.5, 0.6) is 0 Å². The molecule has 3 aromatic rings. The van der Waals surface area contributed by atoms with Gasteiger partial charge in [-0.25, -0.2) is 0 Å². The smallest absolute Gasteiger partial charge is 0.133 e. The number of hydrogen-bond acceptors (Lipinski definition) is 1. The molecule has 0 aliphatic carbocycles. The van der Waals surface area contributed by atoms with Crippen molar-refractivity contribution in [2.45, 2.75) is 6.92 Å². The Morgan fingerprint density at radius 3 is 1.78 bits per heavy atom. The number of benzene rings is 2. The van der Waals surface area contributed by atoms with Crippen molar-refractivity contribution in [1.82, 2.24) is 0 Å². The molecule has 1 heteroatoms. The summed E-state index contributed by atoms with van der Waals surface area (Å²) in [7, 11) is 0. The van der Waals surface area contributed by atoms with Crippen molar-refractivity contribution in [3.63, 3.8) is 0 Å². The van der Waals surface area contributed by atoms with Gasteiger partial charge in [0.25, 0.3) is 0 Å². The third kappa shape index (κ3) is 2.07. The fourth-order valence-electron chi connectivity index (χ4n) is 2.02. The number of rotatable bonds is 2. The first-order chi connectivity index (χ1) is 8.83. The molecule has 0 unspecified atom stereocenters. The maximum Gasteiger partial charge on any atom is 0.133 e. The molecule has 0 N–H and O–H groups in total. The van der Waals surface area contributed by atoms with Crippen LogP contribution in [0.25, 0.3) is 22.5 Å². The van der Waals surface area contributed by atoms with Gasteiger partial charge in [0, 0.05) is 5.56 Å². The van der Waals surface area contributed by atoms with Gasteiger partial charge in [0.15, 0.2) is 0 Å². The molecule has 18 heavy (non-hydrogen) atoms. The van der Waals surface area contributed by atoms with Gasteiger partial charge in [0.2, 0.25) is 0 Å². The van der Waals surface area contributed by atoms with Crippen molar-refractivity contribution in [3.8, 4) is 22.5 Å². The maximum atomic E-state index is 5.38. The third-order valence-electron chi connectivity index (χ3n) is 3.08. The molecule has 3 rings (SSSR count). The van der Waals surface area contributed by atoms with Gasteiger partial charge in [0.1, 0.15) is 5.76 Å². The van der Waals surface area contributed by atoms with Crippen molar-refractivity contribution >= 4 is 0 Å². The Morgan fingerprint density at radius 1 is 0.667 bits per heavy atom. The summed E-state index contributed by atoms with van der Waals surface area (Å²) in [5, 5.41) is 0. The summed E-state index contributed by atoms with van der Waals surface area (Å²) in [6.45, 7) is 2.10. The van der Waals surface area contributed by atoms with Crippen LogP contribution in [-0.4, -0.2) is 0 Å². The molecule has 0 saturated heterocycles. The van der Waals surface area contributed by atoms with E-state index in [4.69, 9.17) is 4.42 Å². The quantitative estimate of drug-likeness (QED) is 0.613. The lowest BCUT2D eigenvalue weighted by Gasteiger charge is -2.03. The Labute approximate surface area is 107 Å². The Balaban J connectivity index is 1.94. The Kier molecular flexibility index (Phi) is 2.73. The van der Waals surface area contributed by atoms with E-state index in [1.807, 2.05) is 12.1 Å². The highest BCUT2D eigenvalue weighted by molar-refractivity contribution is 5.68. The minimum absolute atomic E-state index is 0.908. The van der Waals surface area contributed by atoms with Crippen LogP contribution >= 0.6 is 0 Å². The molecular weight excluding hydrogens is 220 g/mol. The molecule has 1 aromatic heterocycles. The lowest BCUT2D eigenvalue weighted by Crippen LogP contribution is -1.79. The second-order valence-electron chi connectivity index (χ2n) is 4.42. The highest BCUT2D eigenvalue weighted by atomic mass is 16.3. The minimum Gasteiger partial charge on any atom is -0.464 e. The molecular formula is C17H14O. The van der Waals surface area contributed by atoms with Crippen molar-refractivity contribution < 1.29 is 4.42 Å². The van der Waals surface area contributed by atoms with Gasteiger partial charge < -0.3 is 4.42 Å². The van der Waals surface area contributed by atoms with E-state index in [-0.39, 0.29) is 0 Å². The van der Waals surface area contributed by atoms with Crippen LogP contribution < -0.4 is 0 Å². The van der Waals surface area contributed by atoms with Gasteiger partial charge in [-0.05, 0) is 30.2 Å². The zero-order chi connectivity index (χ0) is 12.4. The van der Waals surface area contributed by atoms with Crippen molar-refractivity contribution in [3.05, 3.63) is 72.5 Å². The largest absolute Gasteiger partial charge is 0.464 e. The Morgan fingerprint density at radius 2 is 1.22 bits per heavy atom. The minimum atomic E-state index is 0.908. The van der Waals surface area contributed by atoms with Crippen LogP contribution in [-0.2, 0) is 0 Å². The van der Waals surface area contributed by atoms with E-state index >= 15 is 0 Å². The van der Waals surface area contributed by atoms with E-state index in [0.717, 1.165) is 11.3 Å². The van der Waals surface area contributed by atoms with Crippen molar-refractivity contribution in [1.29, 1.82) is 0 Å². The van der Waals surface area contributed by atoms with Crippen LogP contribution in [0, 0.1) is 6.92 Å². The van der Waals surface area contributed by atoms with Crippen LogP contribution in [0.1, 0.15) is 5.56 Å². The molecule has 0 spiro atoms. The Bertz CT molecular complexity index is 616. The summed E-state index contributed by atoms with van der Waals surface area (Å²) >= 11 is 0. The monoisotopic (exact) mass is 234 g/mol. The fourth-order valence-corrected chi connectivity index (χ4v) is 2.02. The summed E-state index contributed by atoms with van der Waals surface area (Å²) in [5.74, 6) is 0.908. The predicted molar refractivity (Wildman–Crippen MR) is 74.3 cm³/mol. The second kappa shape index (κ2) is 4.53. The number of hydrogen-bond donors (Lipinski definition) is 0. The average molecular weight is 234 g/mol. The van der Waals surface area contributed by atoms with Crippen LogP contribution in [0.2, 0.25) is 0 Å². The topological polar surface area (TPSA) is 13.1 Å². The van der Waals surface area contributed by atoms with E-state index in [1.165, 1.54) is 16.7 Å². The molecule has 0 radical (unpaired) electrons. The number of aryl methyl sites for hydroxylation is 1. The van der Waals surface area contributed by atoms with Gasteiger partial charge in [-0.2, -0.15) is 0 Å². The summed E-state index contributed by atoms with van der Waals surface area (Å²) in [6, 6.07) is 20.9. The predicted octanol–water partition coefficient (Wildman–Crippen LogP) is 4.92. The average Bonchev–Trinajstić information content (AvgIpc) is 2.94. The molecule has 0 amide bonds. The molecule has 88 valence electrons. The summed E-state index contributed by atoms with van der Waals surface area (Å²) in [4.78, 5) is 0. The number of furan rings is 1. The van der Waals surface area contributed by atoms with Crippen LogP contribution in [0.3, 0.4) is 0 Å². The first-order valence-electron chi connectivity index (χ1n) is 6.04. The van der Waals surface area contributed by atoms with E-state index < -0.39 is 0 Å². The standard InChI is InChI=1S/C17H14O/c1-13-4-6-14(7-5-13)15-8-10-16(11-9-15)17-3-2-12-18-17/h2-12H,1H3. The lowest BCUT2D eigenvalue weighted by molar-refractivity contribution is 0.582. The molecule has 0 saturated carbocycles. The molecule has 0 aliphatic heterocycles. The SMILES string of the molecule is Cc1ccc(-c2ccc(-c3ccco3)cc2)cc1. The molecule has 0 bridgehead atoms. The first-order valence-corrected chi connectivity index (χ1v) is 6.04. The summed E-state index contributed by atoms with van der Waals surface area (Å²) in [6.07, 6.45) is 1.70. The first kappa shape index (κ1) is 10.8. The van der Waals surface area contributed by atoms with E-state index in [2.05, 4.69) is 55.5 Å². The normalized spacial score (nSPS) is 10.5. The molecule has 0 atom stereocenters. The van der Waals surface area contributed by atoms with E-state index in [1.54, 1.807) is 6.26 Å². The molecule has 1 nitrogen and oxygen atoms in total. The molecule has 2 aromatic carbocycles. The van der Waals surface area contributed by atoms with Gasteiger partial charge >= 0.3 is 0 Å². The molecule has 0 fully saturated rings. The second-order valence-corrected chi connectivity index (χ2v) is 4.42. The van der Waals surface area contributed by atoms with Gasteiger partial charge in [-0.15, -0.1) is 0 Å². The summed E-state index contributed by atoms with van der Waals surface area (Å²) in [5.41, 5.74) is 4.86. The third-order valence-corrected chi connectivity index (χ3v) is 3.08. The van der Waals surface area contributed by atoms with Crippen molar-refractivity contribution in [2.24, 2.45) is 0 Å². The highest BCUT2D eigenvalue weighted by Gasteiger charge is 2.01. The highest BCUT2D eigenvalue weighted by Crippen LogP contribution is 2.25. The Hall–Kier alpha value is -2.28. The van der Waals surface area contributed by atoms with Crippen molar-refractivity contribution in [2.75, 3.05) is 0 Å². The van der Waals surface area contributed by atoms with Crippen LogP contribution in [0.15, 0.2) is 71.3 Å². The van der Waals surface area contributed by atoms with E-state index in [9.17, 15) is 0 Å². The van der Waals surface area contributed by atoms with E-state index in [0.29, 0.717) is 0 Å². The summed E-state index contributed by atoms with van der Waals surface area (Å²) < 4.78 is 5.38. The zero-order valence-corrected chi connectivity index (χ0v) is 10.3. The van der Waals surface area contributed by atoms with Crippen LogP contribution in [0.4, 0.5) is 0 Å². The fraction of sp³-hybridized carbons (Fsp3) is 0.0588. The van der Waals surface area contributed by atoms with Gasteiger partial charge in [0.05, 0.1) is 6.26 Å². The van der Waals surface area contributed by atoms with Gasteiger partial charge in [-0.1, -0.05) is 54.1 Å². The maximum absolute atomic E-state index is 5.38.